The van der Waals surface area contributed by atoms with Gasteiger partial charge >= 0.3 is 0 Å². The maximum atomic E-state index is 10.5. The lowest BCUT2D eigenvalue weighted by Gasteiger charge is -2.22. The summed E-state index contributed by atoms with van der Waals surface area (Å²) in [4.78, 5) is 10.5. The SMILES string of the molecule is CC(CC=O)c1cccc2c1COCO2. The van der Waals surface area contributed by atoms with Crippen LogP contribution in [0.2, 0.25) is 0 Å². The van der Waals surface area contributed by atoms with Crippen molar-refractivity contribution in [2.75, 3.05) is 6.79 Å². The average Bonchev–Trinajstić information content (AvgIpc) is 2.28. The van der Waals surface area contributed by atoms with Crippen molar-refractivity contribution in [3.63, 3.8) is 0 Å². The van der Waals surface area contributed by atoms with E-state index in [0.717, 1.165) is 23.2 Å². The van der Waals surface area contributed by atoms with Crippen LogP contribution in [0.4, 0.5) is 0 Å². The molecular formula is C12H14O3. The Morgan fingerprint density at radius 2 is 2.40 bits per heavy atom. The maximum absolute atomic E-state index is 10.5. The van der Waals surface area contributed by atoms with Crippen LogP contribution in [-0.4, -0.2) is 13.1 Å². The Balaban J connectivity index is 2.34. The molecule has 1 atom stereocenters. The van der Waals surface area contributed by atoms with Gasteiger partial charge in [-0.1, -0.05) is 19.1 Å². The molecule has 1 aliphatic heterocycles. The van der Waals surface area contributed by atoms with E-state index in [2.05, 4.69) is 0 Å². The number of hydrogen-bond acceptors (Lipinski definition) is 3. The van der Waals surface area contributed by atoms with E-state index in [0.29, 0.717) is 19.8 Å². The molecule has 0 spiro atoms. The van der Waals surface area contributed by atoms with E-state index in [1.165, 1.54) is 0 Å². The Morgan fingerprint density at radius 3 is 3.20 bits per heavy atom. The summed E-state index contributed by atoms with van der Waals surface area (Å²) >= 11 is 0. The number of ether oxygens (including phenoxy) is 2. The van der Waals surface area contributed by atoms with Crippen LogP contribution in [0.15, 0.2) is 18.2 Å². The topological polar surface area (TPSA) is 35.5 Å². The van der Waals surface area contributed by atoms with Crippen molar-refractivity contribution in [1.29, 1.82) is 0 Å². The molecule has 0 amide bonds. The fourth-order valence-electron chi connectivity index (χ4n) is 1.85. The van der Waals surface area contributed by atoms with E-state index in [1.807, 2.05) is 25.1 Å². The van der Waals surface area contributed by atoms with E-state index in [1.54, 1.807) is 0 Å². The number of rotatable bonds is 3. The van der Waals surface area contributed by atoms with Crippen molar-refractivity contribution in [3.8, 4) is 5.75 Å². The lowest BCUT2D eigenvalue weighted by molar-refractivity contribution is -0.108. The molecule has 1 aliphatic rings. The van der Waals surface area contributed by atoms with Crippen molar-refractivity contribution in [2.24, 2.45) is 0 Å². The molecule has 0 aromatic heterocycles. The first-order chi connectivity index (χ1) is 7.33. The number of aldehydes is 1. The fourth-order valence-corrected chi connectivity index (χ4v) is 1.85. The molecule has 1 heterocycles. The third-order valence-electron chi connectivity index (χ3n) is 2.69. The Bertz CT molecular complexity index is 360. The predicted octanol–water partition coefficient (Wildman–Crippen LogP) is 2.25. The zero-order valence-electron chi connectivity index (χ0n) is 8.73. The summed E-state index contributed by atoms with van der Waals surface area (Å²) in [5, 5.41) is 0. The molecule has 1 unspecified atom stereocenters. The van der Waals surface area contributed by atoms with E-state index in [4.69, 9.17) is 9.47 Å². The van der Waals surface area contributed by atoms with E-state index in [-0.39, 0.29) is 5.92 Å². The van der Waals surface area contributed by atoms with E-state index < -0.39 is 0 Å². The summed E-state index contributed by atoms with van der Waals surface area (Å²) in [5.41, 5.74) is 2.23. The highest BCUT2D eigenvalue weighted by Crippen LogP contribution is 2.31. The van der Waals surface area contributed by atoms with Crippen molar-refractivity contribution in [1.82, 2.24) is 0 Å². The summed E-state index contributed by atoms with van der Waals surface area (Å²) in [7, 11) is 0. The first-order valence-corrected chi connectivity index (χ1v) is 5.09. The molecular weight excluding hydrogens is 192 g/mol. The third kappa shape index (κ3) is 2.02. The molecule has 1 aromatic rings. The van der Waals surface area contributed by atoms with Gasteiger partial charge in [0.2, 0.25) is 0 Å². The largest absolute Gasteiger partial charge is 0.467 e. The minimum Gasteiger partial charge on any atom is -0.467 e. The molecule has 0 aliphatic carbocycles. The van der Waals surface area contributed by atoms with Gasteiger partial charge in [0.1, 0.15) is 12.0 Å². The normalized spacial score (nSPS) is 16.3. The van der Waals surface area contributed by atoms with Crippen molar-refractivity contribution >= 4 is 6.29 Å². The van der Waals surface area contributed by atoms with Gasteiger partial charge in [-0.05, 0) is 17.5 Å². The molecule has 0 bridgehead atoms. The number of hydrogen-bond donors (Lipinski definition) is 0. The minimum atomic E-state index is 0.225. The average molecular weight is 206 g/mol. The van der Waals surface area contributed by atoms with Gasteiger partial charge in [-0.2, -0.15) is 0 Å². The maximum Gasteiger partial charge on any atom is 0.189 e. The summed E-state index contributed by atoms with van der Waals surface area (Å²) in [6.07, 6.45) is 1.49. The molecule has 3 heteroatoms. The van der Waals surface area contributed by atoms with Crippen molar-refractivity contribution < 1.29 is 14.3 Å². The van der Waals surface area contributed by atoms with Gasteiger partial charge in [0.15, 0.2) is 6.79 Å². The second-order valence-electron chi connectivity index (χ2n) is 3.74. The van der Waals surface area contributed by atoms with Crippen molar-refractivity contribution in [2.45, 2.75) is 25.9 Å². The Labute approximate surface area is 89.0 Å². The van der Waals surface area contributed by atoms with Gasteiger partial charge < -0.3 is 14.3 Å². The number of fused-ring (bicyclic) bond motifs is 1. The van der Waals surface area contributed by atoms with E-state index in [9.17, 15) is 4.79 Å². The summed E-state index contributed by atoms with van der Waals surface area (Å²) in [6, 6.07) is 5.93. The van der Waals surface area contributed by atoms with Crippen LogP contribution in [-0.2, 0) is 16.1 Å². The van der Waals surface area contributed by atoms with Crippen LogP contribution < -0.4 is 4.74 Å². The zero-order valence-corrected chi connectivity index (χ0v) is 8.73. The molecule has 80 valence electrons. The molecule has 2 rings (SSSR count). The zero-order chi connectivity index (χ0) is 10.7. The lowest BCUT2D eigenvalue weighted by atomic mass is 9.93. The Hall–Kier alpha value is -1.35. The monoisotopic (exact) mass is 206 g/mol. The lowest BCUT2D eigenvalue weighted by Crippen LogP contribution is -2.14. The molecule has 0 fully saturated rings. The van der Waals surface area contributed by atoms with Crippen LogP contribution >= 0.6 is 0 Å². The number of carbonyl (C=O) groups is 1. The van der Waals surface area contributed by atoms with Gasteiger partial charge in [0.25, 0.3) is 0 Å². The molecule has 0 saturated carbocycles. The number of benzene rings is 1. The van der Waals surface area contributed by atoms with Crippen LogP contribution in [0.25, 0.3) is 0 Å². The Morgan fingerprint density at radius 1 is 1.53 bits per heavy atom. The van der Waals surface area contributed by atoms with E-state index >= 15 is 0 Å². The smallest absolute Gasteiger partial charge is 0.189 e. The van der Waals surface area contributed by atoms with Crippen LogP contribution in [0.3, 0.4) is 0 Å². The quantitative estimate of drug-likeness (QED) is 0.711. The summed E-state index contributed by atoms with van der Waals surface area (Å²) in [6.45, 7) is 2.94. The molecule has 0 radical (unpaired) electrons. The predicted molar refractivity (Wildman–Crippen MR) is 55.8 cm³/mol. The van der Waals surface area contributed by atoms with Gasteiger partial charge in [0, 0.05) is 12.0 Å². The first kappa shape index (κ1) is 10.2. The molecule has 0 saturated heterocycles. The molecule has 1 aromatic carbocycles. The second kappa shape index (κ2) is 4.45. The van der Waals surface area contributed by atoms with Gasteiger partial charge in [-0.3, -0.25) is 0 Å². The van der Waals surface area contributed by atoms with Crippen LogP contribution in [0.5, 0.6) is 5.75 Å². The van der Waals surface area contributed by atoms with Gasteiger partial charge in [-0.25, -0.2) is 0 Å². The second-order valence-corrected chi connectivity index (χ2v) is 3.74. The summed E-state index contributed by atoms with van der Waals surface area (Å²) < 4.78 is 10.6. The summed E-state index contributed by atoms with van der Waals surface area (Å²) in [5.74, 6) is 1.11. The standard InChI is InChI=1S/C12H14O3/c1-9(5-6-13)10-3-2-4-12-11(10)7-14-8-15-12/h2-4,6,9H,5,7-8H2,1H3. The molecule has 3 nitrogen and oxygen atoms in total. The molecule has 15 heavy (non-hydrogen) atoms. The Kier molecular flexibility index (Phi) is 3.02. The van der Waals surface area contributed by atoms with Crippen LogP contribution in [0.1, 0.15) is 30.4 Å². The number of carbonyl (C=O) groups excluding carboxylic acids is 1. The van der Waals surface area contributed by atoms with Gasteiger partial charge in [0.05, 0.1) is 6.61 Å². The first-order valence-electron chi connectivity index (χ1n) is 5.09. The van der Waals surface area contributed by atoms with Crippen LogP contribution in [0, 0.1) is 0 Å². The van der Waals surface area contributed by atoms with Gasteiger partial charge in [-0.15, -0.1) is 0 Å². The third-order valence-corrected chi connectivity index (χ3v) is 2.69. The van der Waals surface area contributed by atoms with Crippen molar-refractivity contribution in [3.05, 3.63) is 29.3 Å². The highest BCUT2D eigenvalue weighted by atomic mass is 16.7. The fraction of sp³-hybridized carbons (Fsp3) is 0.417. The highest BCUT2D eigenvalue weighted by Gasteiger charge is 2.17. The molecule has 0 N–H and O–H groups in total. The minimum absolute atomic E-state index is 0.225. The highest BCUT2D eigenvalue weighted by molar-refractivity contribution is 5.53.